The highest BCUT2D eigenvalue weighted by molar-refractivity contribution is 14.0. The number of hydrogen-bond acceptors (Lipinski definition) is 4. The molecule has 2 aliphatic heterocycles. The smallest absolute Gasteiger partial charge is 0.225 e. The van der Waals surface area contributed by atoms with Crippen molar-refractivity contribution in [2.24, 2.45) is 16.8 Å². The van der Waals surface area contributed by atoms with E-state index in [9.17, 15) is 4.79 Å². The fraction of sp³-hybridized carbons (Fsp3) is 0.909. The van der Waals surface area contributed by atoms with E-state index in [1.54, 1.807) is 7.05 Å². The van der Waals surface area contributed by atoms with Gasteiger partial charge in [-0.15, -0.1) is 24.0 Å². The van der Waals surface area contributed by atoms with Crippen LogP contribution >= 0.6 is 24.0 Å². The summed E-state index contributed by atoms with van der Waals surface area (Å²) in [4.78, 5) is 19.1. The van der Waals surface area contributed by atoms with E-state index in [1.807, 2.05) is 0 Å². The van der Waals surface area contributed by atoms with Crippen LogP contribution in [0, 0.1) is 11.8 Å². The Morgan fingerprint density at radius 1 is 1.13 bits per heavy atom. The second kappa shape index (κ2) is 14.5. The molecule has 3 fully saturated rings. The monoisotopic (exact) mass is 536 g/mol. The molecule has 7 nitrogen and oxygen atoms in total. The van der Waals surface area contributed by atoms with Gasteiger partial charge in [-0.25, -0.2) is 0 Å². The molecule has 8 heteroatoms. The molecule has 1 unspecified atom stereocenters. The van der Waals surface area contributed by atoms with Crippen molar-refractivity contribution in [3.05, 3.63) is 0 Å². The zero-order valence-electron chi connectivity index (χ0n) is 18.6. The molecule has 1 saturated carbocycles. The van der Waals surface area contributed by atoms with Crippen molar-refractivity contribution in [1.29, 1.82) is 0 Å². The minimum Gasteiger partial charge on any atom is -0.381 e. The Balaban J connectivity index is 0.00000320. The predicted molar refractivity (Wildman–Crippen MR) is 130 cm³/mol. The summed E-state index contributed by atoms with van der Waals surface area (Å²) in [5.74, 6) is 2.12. The number of nitrogens with zero attached hydrogens (tertiary/aromatic N) is 2. The highest BCUT2D eigenvalue weighted by atomic mass is 127. The molecule has 0 aromatic rings. The number of nitrogens with one attached hydrogen (secondary N) is 2. The Morgan fingerprint density at radius 2 is 1.90 bits per heavy atom. The van der Waals surface area contributed by atoms with Gasteiger partial charge in [0.05, 0.1) is 0 Å². The Morgan fingerprint density at radius 3 is 2.63 bits per heavy atom. The molecule has 0 aromatic carbocycles. The topological polar surface area (TPSA) is 75.2 Å². The lowest BCUT2D eigenvalue weighted by Crippen LogP contribution is -2.45. The Bertz CT molecular complexity index is 523. The van der Waals surface area contributed by atoms with Crippen LogP contribution in [0.15, 0.2) is 4.99 Å². The maximum absolute atomic E-state index is 12.7. The molecule has 1 aliphatic carbocycles. The number of amides is 1. The zero-order valence-corrected chi connectivity index (χ0v) is 20.9. The minimum absolute atomic E-state index is 0. The van der Waals surface area contributed by atoms with Crippen molar-refractivity contribution in [2.75, 3.05) is 53.1 Å². The number of hydrogen-bond donors (Lipinski definition) is 2. The van der Waals surface area contributed by atoms with Gasteiger partial charge in [0.1, 0.15) is 0 Å². The first kappa shape index (κ1) is 25.6. The van der Waals surface area contributed by atoms with Crippen LogP contribution in [0.5, 0.6) is 0 Å². The first-order valence-electron chi connectivity index (χ1n) is 11.7. The van der Waals surface area contributed by atoms with Gasteiger partial charge in [-0.3, -0.25) is 9.79 Å². The van der Waals surface area contributed by atoms with Gasteiger partial charge < -0.3 is 25.0 Å². The number of rotatable bonds is 8. The van der Waals surface area contributed by atoms with E-state index in [-0.39, 0.29) is 29.9 Å². The molecule has 0 bridgehead atoms. The van der Waals surface area contributed by atoms with Crippen molar-refractivity contribution in [3.8, 4) is 0 Å². The van der Waals surface area contributed by atoms with Gasteiger partial charge in [0, 0.05) is 65.1 Å². The lowest BCUT2D eigenvalue weighted by molar-refractivity contribution is -0.135. The van der Waals surface area contributed by atoms with Crippen molar-refractivity contribution in [1.82, 2.24) is 15.5 Å². The maximum atomic E-state index is 12.7. The Hall–Kier alpha value is -0.610. The number of carbonyl (C=O) groups is 1. The summed E-state index contributed by atoms with van der Waals surface area (Å²) in [6, 6.07) is 0.290. The van der Waals surface area contributed by atoms with Crippen LogP contribution in [0.1, 0.15) is 57.8 Å². The molecule has 1 amide bonds. The Kier molecular flexibility index (Phi) is 12.4. The summed E-state index contributed by atoms with van der Waals surface area (Å²) < 4.78 is 11.2. The third kappa shape index (κ3) is 8.49. The number of guanidine groups is 1. The number of likely N-dealkylation sites (tertiary alicyclic amines) is 1. The van der Waals surface area contributed by atoms with Crippen LogP contribution in [0.4, 0.5) is 0 Å². The molecular weight excluding hydrogens is 495 g/mol. The van der Waals surface area contributed by atoms with Gasteiger partial charge in [-0.2, -0.15) is 0 Å². The summed E-state index contributed by atoms with van der Waals surface area (Å²) in [5.41, 5.74) is 0. The molecular formula is C22H41IN4O3. The van der Waals surface area contributed by atoms with Crippen molar-refractivity contribution < 1.29 is 14.3 Å². The Labute approximate surface area is 199 Å². The van der Waals surface area contributed by atoms with Crippen LogP contribution in [-0.4, -0.2) is 75.9 Å². The fourth-order valence-electron chi connectivity index (χ4n) is 4.62. The van der Waals surface area contributed by atoms with Crippen LogP contribution < -0.4 is 10.6 Å². The van der Waals surface area contributed by atoms with Gasteiger partial charge in [0.25, 0.3) is 0 Å². The summed E-state index contributed by atoms with van der Waals surface area (Å²) in [7, 11) is 1.80. The predicted octanol–water partition coefficient (Wildman–Crippen LogP) is 2.78. The molecule has 0 radical (unpaired) electrons. The summed E-state index contributed by atoms with van der Waals surface area (Å²) in [6.45, 7) is 5.88. The number of aliphatic imine (C=N–C) groups is 1. The molecule has 3 aliphatic rings. The lowest BCUT2D eigenvalue weighted by atomic mass is 9.88. The summed E-state index contributed by atoms with van der Waals surface area (Å²) in [5, 5.41) is 6.86. The van der Waals surface area contributed by atoms with E-state index in [1.165, 1.54) is 19.3 Å². The quantitative estimate of drug-likeness (QED) is 0.216. The second-order valence-corrected chi connectivity index (χ2v) is 8.73. The largest absolute Gasteiger partial charge is 0.381 e. The zero-order chi connectivity index (χ0) is 20.3. The van der Waals surface area contributed by atoms with Gasteiger partial charge in [-0.05, 0) is 44.4 Å². The molecule has 0 spiro atoms. The molecule has 2 N–H and O–H groups in total. The van der Waals surface area contributed by atoms with Crippen molar-refractivity contribution in [3.63, 3.8) is 0 Å². The molecule has 174 valence electrons. The van der Waals surface area contributed by atoms with Gasteiger partial charge in [-0.1, -0.05) is 19.3 Å². The van der Waals surface area contributed by atoms with E-state index in [0.717, 1.165) is 90.5 Å². The molecule has 1 atom stereocenters. The standard InChI is InChI=1S/C22H40N4O3.HI/c1-23-22(24-11-5-13-29-17-18-9-14-28-15-10-18)25-20-8-12-26(16-20)21(27)19-6-3-2-4-7-19;/h18-20H,2-17H2,1H3,(H2,23,24,25);1H. The number of halogens is 1. The van der Waals surface area contributed by atoms with Crippen LogP contribution in [0.2, 0.25) is 0 Å². The van der Waals surface area contributed by atoms with E-state index >= 15 is 0 Å². The van der Waals surface area contributed by atoms with Gasteiger partial charge in [0.15, 0.2) is 5.96 Å². The maximum Gasteiger partial charge on any atom is 0.225 e. The van der Waals surface area contributed by atoms with Crippen LogP contribution in [-0.2, 0) is 14.3 Å². The first-order chi connectivity index (χ1) is 14.3. The van der Waals surface area contributed by atoms with Crippen LogP contribution in [0.25, 0.3) is 0 Å². The highest BCUT2D eigenvalue weighted by Gasteiger charge is 2.31. The fourth-order valence-corrected chi connectivity index (χ4v) is 4.62. The molecule has 2 heterocycles. The van der Waals surface area contributed by atoms with E-state index < -0.39 is 0 Å². The second-order valence-electron chi connectivity index (χ2n) is 8.73. The SMILES string of the molecule is CN=C(NCCCOCC1CCOCC1)NC1CCN(C(=O)C2CCCCC2)C1.I. The summed E-state index contributed by atoms with van der Waals surface area (Å²) in [6.07, 6.45) is 10.1. The van der Waals surface area contributed by atoms with Crippen LogP contribution in [0.3, 0.4) is 0 Å². The number of carbonyl (C=O) groups excluding carboxylic acids is 1. The van der Waals surface area contributed by atoms with E-state index in [4.69, 9.17) is 9.47 Å². The molecule has 30 heavy (non-hydrogen) atoms. The van der Waals surface area contributed by atoms with Crippen molar-refractivity contribution in [2.45, 2.75) is 63.8 Å². The normalized spacial score (nSPS) is 23.8. The highest BCUT2D eigenvalue weighted by Crippen LogP contribution is 2.26. The average molecular weight is 536 g/mol. The third-order valence-electron chi connectivity index (χ3n) is 6.47. The number of ether oxygens (including phenoxy) is 2. The average Bonchev–Trinajstić information content (AvgIpc) is 3.24. The van der Waals surface area contributed by atoms with Gasteiger partial charge in [0.2, 0.25) is 5.91 Å². The summed E-state index contributed by atoms with van der Waals surface area (Å²) >= 11 is 0. The molecule has 3 rings (SSSR count). The molecule has 2 saturated heterocycles. The third-order valence-corrected chi connectivity index (χ3v) is 6.47. The lowest BCUT2D eigenvalue weighted by Gasteiger charge is -2.26. The van der Waals surface area contributed by atoms with E-state index in [2.05, 4.69) is 20.5 Å². The molecule has 0 aromatic heterocycles. The van der Waals surface area contributed by atoms with E-state index in [0.29, 0.717) is 17.9 Å². The minimum atomic E-state index is 0. The van der Waals surface area contributed by atoms with Gasteiger partial charge >= 0.3 is 0 Å². The van der Waals surface area contributed by atoms with Crippen molar-refractivity contribution >= 4 is 35.8 Å². The first-order valence-corrected chi connectivity index (χ1v) is 11.7.